The minimum Gasteiger partial charge on any atom is -0.0806 e. The molecule has 0 saturated carbocycles. The molecule has 0 saturated heterocycles. The molecular formula is C21H24Si. The van der Waals surface area contributed by atoms with Crippen LogP contribution in [0.3, 0.4) is 0 Å². The second-order valence-corrected chi connectivity index (χ2v) is 10.9. The fraction of sp³-hybridized carbons (Fsp3) is 0.238. The second kappa shape index (κ2) is 6.49. The summed E-state index contributed by atoms with van der Waals surface area (Å²) < 4.78 is 0. The van der Waals surface area contributed by atoms with E-state index in [-0.39, 0.29) is 0 Å². The van der Waals surface area contributed by atoms with E-state index in [1.54, 1.807) is 16.0 Å². The topological polar surface area (TPSA) is 0 Å². The standard InChI is InChI=1S/C21H24Si/c1-3-22(2,20-14-8-5-9-15-20)21-16-10-13-19(21)17-18-11-6-4-7-12-18/h4-15H,3,16-17H2,1-2H3. The Bertz CT molecular complexity index is 682. The third-order valence-corrected chi connectivity index (χ3v) is 9.93. The third kappa shape index (κ3) is 2.86. The normalized spacial score (nSPS) is 16.8. The molecule has 112 valence electrons. The van der Waals surface area contributed by atoms with Crippen LogP contribution in [0, 0.1) is 0 Å². The summed E-state index contributed by atoms with van der Waals surface area (Å²) in [5, 5.41) is 3.30. The first-order chi connectivity index (χ1) is 10.7. The van der Waals surface area contributed by atoms with Gasteiger partial charge in [-0.1, -0.05) is 103 Å². The maximum absolute atomic E-state index is 2.54. The Kier molecular flexibility index (Phi) is 4.44. The molecule has 0 bridgehead atoms. The zero-order chi connectivity index (χ0) is 15.4. The molecule has 0 N–H and O–H groups in total. The van der Waals surface area contributed by atoms with E-state index in [1.165, 1.54) is 11.6 Å². The van der Waals surface area contributed by atoms with Crippen LogP contribution in [0.15, 0.2) is 83.6 Å². The molecule has 22 heavy (non-hydrogen) atoms. The van der Waals surface area contributed by atoms with E-state index in [0.29, 0.717) is 0 Å². The molecule has 1 unspecified atom stereocenters. The van der Waals surface area contributed by atoms with E-state index in [4.69, 9.17) is 0 Å². The molecular weight excluding hydrogens is 280 g/mol. The van der Waals surface area contributed by atoms with Crippen LogP contribution in [0.2, 0.25) is 12.6 Å². The highest BCUT2D eigenvalue weighted by atomic mass is 28.3. The Morgan fingerprint density at radius 2 is 1.55 bits per heavy atom. The van der Waals surface area contributed by atoms with Crippen LogP contribution in [0.25, 0.3) is 0 Å². The van der Waals surface area contributed by atoms with Gasteiger partial charge in [-0.25, -0.2) is 0 Å². The summed E-state index contributed by atoms with van der Waals surface area (Å²) in [6, 6.07) is 23.3. The number of hydrogen-bond donors (Lipinski definition) is 0. The van der Waals surface area contributed by atoms with Crippen LogP contribution in [0.4, 0.5) is 0 Å². The van der Waals surface area contributed by atoms with Crippen LogP contribution in [-0.2, 0) is 6.42 Å². The monoisotopic (exact) mass is 304 g/mol. The van der Waals surface area contributed by atoms with Crippen molar-refractivity contribution in [2.24, 2.45) is 0 Å². The van der Waals surface area contributed by atoms with Gasteiger partial charge in [0.05, 0.1) is 0 Å². The van der Waals surface area contributed by atoms with Crippen LogP contribution >= 0.6 is 0 Å². The quantitative estimate of drug-likeness (QED) is 0.680. The molecule has 0 fully saturated rings. The van der Waals surface area contributed by atoms with Gasteiger partial charge in [0.1, 0.15) is 8.07 Å². The van der Waals surface area contributed by atoms with Gasteiger partial charge in [0.25, 0.3) is 0 Å². The maximum atomic E-state index is 2.54. The average Bonchev–Trinajstić information content (AvgIpc) is 3.04. The Morgan fingerprint density at radius 3 is 2.18 bits per heavy atom. The Hall–Kier alpha value is -1.86. The van der Waals surface area contributed by atoms with Crippen molar-refractivity contribution >= 4 is 13.3 Å². The fourth-order valence-corrected chi connectivity index (χ4v) is 7.07. The summed E-state index contributed by atoms with van der Waals surface area (Å²) in [6.45, 7) is 4.90. The van der Waals surface area contributed by atoms with Crippen molar-refractivity contribution in [3.8, 4) is 0 Å². The van der Waals surface area contributed by atoms with Gasteiger partial charge >= 0.3 is 0 Å². The van der Waals surface area contributed by atoms with E-state index in [9.17, 15) is 0 Å². The van der Waals surface area contributed by atoms with Crippen molar-refractivity contribution in [2.75, 3.05) is 0 Å². The fourth-order valence-electron chi connectivity index (χ4n) is 3.51. The van der Waals surface area contributed by atoms with Gasteiger partial charge in [-0.05, 0) is 24.0 Å². The molecule has 1 aliphatic carbocycles. The largest absolute Gasteiger partial charge is 0.111 e. The first kappa shape index (κ1) is 15.0. The zero-order valence-corrected chi connectivity index (χ0v) is 14.5. The molecule has 0 aromatic heterocycles. The van der Waals surface area contributed by atoms with E-state index >= 15 is 0 Å². The van der Waals surface area contributed by atoms with Gasteiger partial charge in [-0.2, -0.15) is 0 Å². The molecule has 2 aromatic rings. The van der Waals surface area contributed by atoms with Gasteiger partial charge in [0.2, 0.25) is 0 Å². The molecule has 0 nitrogen and oxygen atoms in total. The van der Waals surface area contributed by atoms with Crippen molar-refractivity contribution in [3.05, 3.63) is 89.1 Å². The minimum absolute atomic E-state index is 1.07. The summed E-state index contributed by atoms with van der Waals surface area (Å²) in [5.41, 5.74) is 2.98. The predicted molar refractivity (Wildman–Crippen MR) is 99.1 cm³/mol. The highest BCUT2D eigenvalue weighted by Gasteiger charge is 2.34. The van der Waals surface area contributed by atoms with Gasteiger partial charge in [-0.15, -0.1) is 0 Å². The molecule has 3 rings (SSSR count). The summed E-state index contributed by atoms with van der Waals surface area (Å²) in [5.74, 6) is 0. The first-order valence-corrected chi connectivity index (χ1v) is 10.9. The molecule has 0 heterocycles. The molecule has 1 heteroatoms. The van der Waals surface area contributed by atoms with Crippen LogP contribution in [-0.4, -0.2) is 8.07 Å². The van der Waals surface area contributed by atoms with Gasteiger partial charge in [0.15, 0.2) is 0 Å². The average molecular weight is 305 g/mol. The third-order valence-electron chi connectivity index (χ3n) is 5.05. The van der Waals surface area contributed by atoms with Crippen LogP contribution in [0.1, 0.15) is 18.9 Å². The van der Waals surface area contributed by atoms with Gasteiger partial charge in [0, 0.05) is 0 Å². The van der Waals surface area contributed by atoms with E-state index in [0.717, 1.165) is 12.8 Å². The van der Waals surface area contributed by atoms with Crippen molar-refractivity contribution in [2.45, 2.75) is 32.4 Å². The molecule has 2 aromatic carbocycles. The van der Waals surface area contributed by atoms with Crippen molar-refractivity contribution in [1.82, 2.24) is 0 Å². The lowest BCUT2D eigenvalue weighted by Crippen LogP contribution is -2.46. The Balaban J connectivity index is 1.98. The minimum atomic E-state index is -1.57. The summed E-state index contributed by atoms with van der Waals surface area (Å²) >= 11 is 0. The molecule has 0 spiro atoms. The highest BCUT2D eigenvalue weighted by Crippen LogP contribution is 2.32. The lowest BCUT2D eigenvalue weighted by molar-refractivity contribution is 1.17. The Labute approximate surface area is 135 Å². The molecule has 0 radical (unpaired) electrons. The number of rotatable bonds is 5. The number of benzene rings is 2. The molecule has 0 aliphatic heterocycles. The maximum Gasteiger partial charge on any atom is 0.111 e. The summed E-state index contributed by atoms with van der Waals surface area (Å²) in [4.78, 5) is 0. The summed E-state index contributed by atoms with van der Waals surface area (Å²) in [6.07, 6.45) is 6.94. The van der Waals surface area contributed by atoms with Crippen molar-refractivity contribution in [1.29, 1.82) is 0 Å². The first-order valence-electron chi connectivity index (χ1n) is 8.22. The number of allylic oxidation sites excluding steroid dienone is 4. The Morgan fingerprint density at radius 1 is 0.909 bits per heavy atom. The highest BCUT2D eigenvalue weighted by molar-refractivity contribution is 6.96. The molecule has 1 aliphatic rings. The SMILES string of the molecule is CC[Si](C)(C1=C(Cc2ccccc2)C=CC1)c1ccccc1. The molecule has 1 atom stereocenters. The lowest BCUT2D eigenvalue weighted by atomic mass is 10.1. The smallest absolute Gasteiger partial charge is 0.0806 e. The number of hydrogen-bond acceptors (Lipinski definition) is 0. The van der Waals surface area contributed by atoms with Gasteiger partial charge < -0.3 is 0 Å². The zero-order valence-electron chi connectivity index (χ0n) is 13.5. The molecule has 0 amide bonds. The van der Waals surface area contributed by atoms with Crippen LogP contribution < -0.4 is 5.19 Å². The lowest BCUT2D eigenvalue weighted by Gasteiger charge is -2.30. The van der Waals surface area contributed by atoms with E-state index < -0.39 is 8.07 Å². The van der Waals surface area contributed by atoms with E-state index in [2.05, 4.69) is 86.3 Å². The summed E-state index contributed by atoms with van der Waals surface area (Å²) in [7, 11) is -1.57. The van der Waals surface area contributed by atoms with E-state index in [1.807, 2.05) is 0 Å². The van der Waals surface area contributed by atoms with Crippen LogP contribution in [0.5, 0.6) is 0 Å². The second-order valence-electron chi connectivity index (χ2n) is 6.32. The van der Waals surface area contributed by atoms with Crippen molar-refractivity contribution < 1.29 is 0 Å². The predicted octanol–water partition coefficient (Wildman–Crippen LogP) is 5.03. The van der Waals surface area contributed by atoms with Crippen molar-refractivity contribution in [3.63, 3.8) is 0 Å². The van der Waals surface area contributed by atoms with Gasteiger partial charge in [-0.3, -0.25) is 0 Å².